The van der Waals surface area contributed by atoms with Gasteiger partial charge in [-0.25, -0.2) is 4.79 Å². The Morgan fingerprint density at radius 2 is 1.68 bits per heavy atom. The summed E-state index contributed by atoms with van der Waals surface area (Å²) in [6, 6.07) is 11.1. The fourth-order valence-corrected chi connectivity index (χ4v) is 5.92. The highest BCUT2D eigenvalue weighted by molar-refractivity contribution is 6.00. The first-order chi connectivity index (χ1) is 16.4. The number of aryl methyl sites for hydroxylation is 1. The lowest BCUT2D eigenvalue weighted by Crippen LogP contribution is -2.53. The second-order valence-corrected chi connectivity index (χ2v) is 10.0. The van der Waals surface area contributed by atoms with E-state index in [1.54, 1.807) is 19.1 Å². The maximum atomic E-state index is 12.8. The summed E-state index contributed by atoms with van der Waals surface area (Å²) in [6.07, 6.45) is 3.01. The van der Waals surface area contributed by atoms with Crippen LogP contribution in [0.15, 0.2) is 41.2 Å². The van der Waals surface area contributed by atoms with Gasteiger partial charge in [-0.1, -0.05) is 17.7 Å². The van der Waals surface area contributed by atoms with Gasteiger partial charge in [0.2, 0.25) is 5.91 Å². The van der Waals surface area contributed by atoms with Crippen LogP contribution in [0.1, 0.15) is 43.4 Å². The van der Waals surface area contributed by atoms with Crippen LogP contribution in [0, 0.1) is 12.8 Å². The van der Waals surface area contributed by atoms with E-state index >= 15 is 0 Å². The Hall–Kier alpha value is -3.13. The predicted molar refractivity (Wildman–Crippen MR) is 132 cm³/mol. The van der Waals surface area contributed by atoms with Crippen molar-refractivity contribution in [1.82, 2.24) is 14.4 Å². The number of benzene rings is 1. The quantitative estimate of drug-likeness (QED) is 0.732. The van der Waals surface area contributed by atoms with Gasteiger partial charge < -0.3 is 20.1 Å². The molecule has 1 aromatic carbocycles. The van der Waals surface area contributed by atoms with E-state index in [-0.39, 0.29) is 23.4 Å². The number of aromatic nitrogens is 1. The standard InChI is InChI=1S/C26H33N5O3/c1-17-3-5-21(6-4-17)27-26(34)28-23-7-8-24(33)31-15-19-13-20(25(23)31)16-30(14-19)22-9-11-29(12-10-22)18(2)32/h3-8,19-20,22H,9-16H2,1-2H3,(H2,27,28,34)/t19-,20-/m0/s1. The molecular weight excluding hydrogens is 430 g/mol. The first-order valence-electron chi connectivity index (χ1n) is 12.3. The van der Waals surface area contributed by atoms with E-state index in [9.17, 15) is 14.4 Å². The van der Waals surface area contributed by atoms with Gasteiger partial charge in [-0.2, -0.15) is 0 Å². The molecule has 3 aliphatic rings. The molecule has 3 amide bonds. The molecule has 3 aliphatic heterocycles. The number of amides is 3. The van der Waals surface area contributed by atoms with Crippen molar-refractivity contribution in [2.75, 3.05) is 36.8 Å². The molecule has 2 bridgehead atoms. The van der Waals surface area contributed by atoms with Gasteiger partial charge in [0, 0.05) is 69.1 Å². The fourth-order valence-electron chi connectivity index (χ4n) is 5.92. The van der Waals surface area contributed by atoms with E-state index in [4.69, 9.17) is 0 Å². The molecule has 180 valence electrons. The topological polar surface area (TPSA) is 86.7 Å². The minimum atomic E-state index is -0.309. The number of pyridine rings is 1. The molecule has 2 saturated heterocycles. The average Bonchev–Trinajstić information content (AvgIpc) is 2.82. The van der Waals surface area contributed by atoms with Crippen LogP contribution in [-0.2, 0) is 11.3 Å². The Labute approximate surface area is 199 Å². The van der Waals surface area contributed by atoms with Crippen molar-refractivity contribution in [3.8, 4) is 0 Å². The van der Waals surface area contributed by atoms with Gasteiger partial charge in [0.1, 0.15) is 0 Å². The molecule has 2 fully saturated rings. The number of piperidine rings is 2. The summed E-state index contributed by atoms with van der Waals surface area (Å²) in [4.78, 5) is 41.7. The van der Waals surface area contributed by atoms with Gasteiger partial charge >= 0.3 is 6.03 Å². The fraction of sp³-hybridized carbons (Fsp3) is 0.500. The Kier molecular flexibility index (Phi) is 6.16. The Bertz CT molecular complexity index is 1130. The third-order valence-electron chi connectivity index (χ3n) is 7.60. The third-order valence-corrected chi connectivity index (χ3v) is 7.60. The van der Waals surface area contributed by atoms with Gasteiger partial charge in [0.15, 0.2) is 0 Å². The molecule has 0 saturated carbocycles. The van der Waals surface area contributed by atoms with Crippen LogP contribution >= 0.6 is 0 Å². The number of urea groups is 1. The molecule has 2 aromatic rings. The van der Waals surface area contributed by atoms with Crippen molar-refractivity contribution in [3.63, 3.8) is 0 Å². The van der Waals surface area contributed by atoms with E-state index < -0.39 is 0 Å². The summed E-state index contributed by atoms with van der Waals surface area (Å²) >= 11 is 0. The summed E-state index contributed by atoms with van der Waals surface area (Å²) in [6.45, 7) is 7.82. The molecule has 0 spiro atoms. The molecule has 5 rings (SSSR count). The molecule has 4 heterocycles. The first-order valence-corrected chi connectivity index (χ1v) is 12.3. The van der Waals surface area contributed by atoms with Gasteiger partial charge in [-0.05, 0) is 50.3 Å². The van der Waals surface area contributed by atoms with Gasteiger partial charge in [-0.15, -0.1) is 0 Å². The lowest BCUT2D eigenvalue weighted by atomic mass is 9.81. The summed E-state index contributed by atoms with van der Waals surface area (Å²) in [7, 11) is 0. The minimum absolute atomic E-state index is 0.00240. The molecule has 0 unspecified atom stereocenters. The Morgan fingerprint density at radius 3 is 2.38 bits per heavy atom. The SMILES string of the molecule is CC(=O)N1CCC(N2C[C@@H]3C[C@@H](C2)c2c(NC(=O)Nc4ccc(C)cc4)ccc(=O)n2C3)CC1. The molecule has 8 heteroatoms. The largest absolute Gasteiger partial charge is 0.343 e. The van der Waals surface area contributed by atoms with Crippen LogP contribution in [0.2, 0.25) is 0 Å². The Morgan fingerprint density at radius 1 is 0.941 bits per heavy atom. The first kappa shape index (κ1) is 22.7. The van der Waals surface area contributed by atoms with Gasteiger partial charge in [0.05, 0.1) is 5.69 Å². The lowest BCUT2D eigenvalue weighted by molar-refractivity contribution is -0.130. The van der Waals surface area contributed by atoms with E-state index in [0.29, 0.717) is 24.2 Å². The van der Waals surface area contributed by atoms with Crippen molar-refractivity contribution in [2.24, 2.45) is 5.92 Å². The number of nitrogens with zero attached hydrogens (tertiary/aromatic N) is 3. The maximum Gasteiger partial charge on any atom is 0.323 e. The summed E-state index contributed by atoms with van der Waals surface area (Å²) in [5.74, 6) is 0.773. The van der Waals surface area contributed by atoms with Crippen molar-refractivity contribution in [2.45, 2.75) is 51.6 Å². The number of likely N-dealkylation sites (tertiary alicyclic amines) is 2. The number of carbonyl (C=O) groups excluding carboxylic acids is 2. The van der Waals surface area contributed by atoms with Crippen LogP contribution in [0.5, 0.6) is 0 Å². The smallest absolute Gasteiger partial charge is 0.323 e. The van der Waals surface area contributed by atoms with Crippen molar-refractivity contribution in [3.05, 3.63) is 58.0 Å². The number of rotatable bonds is 3. The number of anilines is 2. The van der Waals surface area contributed by atoms with Gasteiger partial charge in [-0.3, -0.25) is 14.5 Å². The van der Waals surface area contributed by atoms with Crippen molar-refractivity contribution >= 4 is 23.3 Å². The van der Waals surface area contributed by atoms with Crippen LogP contribution < -0.4 is 16.2 Å². The van der Waals surface area contributed by atoms with Gasteiger partial charge in [0.25, 0.3) is 5.56 Å². The monoisotopic (exact) mass is 463 g/mol. The summed E-state index contributed by atoms with van der Waals surface area (Å²) < 4.78 is 1.87. The molecule has 2 N–H and O–H groups in total. The second kappa shape index (κ2) is 9.25. The lowest BCUT2D eigenvalue weighted by Gasteiger charge is -2.47. The number of nitrogens with one attached hydrogen (secondary N) is 2. The number of carbonyl (C=O) groups is 2. The molecule has 8 nitrogen and oxygen atoms in total. The minimum Gasteiger partial charge on any atom is -0.343 e. The Balaban J connectivity index is 1.33. The zero-order valence-electron chi connectivity index (χ0n) is 19.9. The molecular formula is C26H33N5O3. The highest BCUT2D eigenvalue weighted by atomic mass is 16.2. The number of fused-ring (bicyclic) bond motifs is 4. The number of hydrogen-bond donors (Lipinski definition) is 2. The average molecular weight is 464 g/mol. The van der Waals surface area contributed by atoms with Crippen LogP contribution in [-0.4, -0.2) is 58.5 Å². The molecule has 0 radical (unpaired) electrons. The van der Waals surface area contributed by atoms with Crippen LogP contribution in [0.4, 0.5) is 16.2 Å². The van der Waals surface area contributed by atoms with E-state index in [1.807, 2.05) is 40.7 Å². The summed E-state index contributed by atoms with van der Waals surface area (Å²) in [5.41, 5.74) is 3.50. The normalized spacial score (nSPS) is 22.7. The second-order valence-electron chi connectivity index (χ2n) is 10.0. The number of hydrogen-bond acceptors (Lipinski definition) is 4. The van der Waals surface area contributed by atoms with E-state index in [0.717, 1.165) is 62.4 Å². The zero-order valence-corrected chi connectivity index (χ0v) is 19.9. The van der Waals surface area contributed by atoms with Crippen LogP contribution in [0.3, 0.4) is 0 Å². The molecule has 34 heavy (non-hydrogen) atoms. The predicted octanol–water partition coefficient (Wildman–Crippen LogP) is 3.23. The highest BCUT2D eigenvalue weighted by Gasteiger charge is 2.39. The molecule has 2 atom stereocenters. The highest BCUT2D eigenvalue weighted by Crippen LogP contribution is 2.40. The van der Waals surface area contributed by atoms with Crippen molar-refractivity contribution < 1.29 is 9.59 Å². The third kappa shape index (κ3) is 4.59. The molecule has 1 aromatic heterocycles. The molecule has 0 aliphatic carbocycles. The van der Waals surface area contributed by atoms with E-state index in [2.05, 4.69) is 15.5 Å². The van der Waals surface area contributed by atoms with Crippen LogP contribution in [0.25, 0.3) is 0 Å². The summed E-state index contributed by atoms with van der Waals surface area (Å²) in [5, 5.41) is 5.89. The maximum absolute atomic E-state index is 12.8. The zero-order chi connectivity index (χ0) is 23.8. The van der Waals surface area contributed by atoms with Crippen molar-refractivity contribution in [1.29, 1.82) is 0 Å². The van der Waals surface area contributed by atoms with E-state index in [1.165, 1.54) is 0 Å².